The number of nitrogens with two attached hydrogens (primary N) is 1. The molecule has 1 aromatic heterocycles. The topological polar surface area (TPSA) is 102 Å². The van der Waals surface area contributed by atoms with Gasteiger partial charge in [-0.15, -0.1) is 13.2 Å². The number of rotatable bonds is 5. The van der Waals surface area contributed by atoms with E-state index in [2.05, 4.69) is 25.3 Å². The van der Waals surface area contributed by atoms with Crippen molar-refractivity contribution in [3.63, 3.8) is 0 Å². The van der Waals surface area contributed by atoms with Crippen molar-refractivity contribution in [2.24, 2.45) is 0 Å². The number of benzene rings is 2. The summed E-state index contributed by atoms with van der Waals surface area (Å²) >= 11 is 0. The third-order valence-corrected chi connectivity index (χ3v) is 3.77. The van der Waals surface area contributed by atoms with E-state index in [1.807, 2.05) is 0 Å². The first-order valence-electron chi connectivity index (χ1n) is 8.31. The second-order valence-corrected chi connectivity index (χ2v) is 5.91. The molecule has 0 atom stereocenters. The number of ether oxygens (including phenoxy) is 1. The van der Waals surface area contributed by atoms with Crippen molar-refractivity contribution in [1.82, 2.24) is 15.3 Å². The summed E-state index contributed by atoms with van der Waals surface area (Å²) in [5.74, 6) is -0.205. The maximum atomic E-state index is 12.2. The maximum Gasteiger partial charge on any atom is 0.573 e. The van der Waals surface area contributed by atoms with Crippen LogP contribution in [0, 0.1) is 0 Å². The van der Waals surface area contributed by atoms with Crippen molar-refractivity contribution in [3.8, 4) is 17.0 Å². The van der Waals surface area contributed by atoms with Gasteiger partial charge in [0.25, 0.3) is 5.91 Å². The number of alkyl halides is 3. The summed E-state index contributed by atoms with van der Waals surface area (Å²) in [5, 5.41) is 5.50. The van der Waals surface area contributed by atoms with Crippen molar-refractivity contribution in [2.75, 3.05) is 18.1 Å². The second kappa shape index (κ2) is 8.05. The van der Waals surface area contributed by atoms with Crippen LogP contribution in [0.25, 0.3) is 11.3 Å². The van der Waals surface area contributed by atoms with Crippen LogP contribution < -0.4 is 21.1 Å². The van der Waals surface area contributed by atoms with E-state index in [9.17, 15) is 18.0 Å². The Morgan fingerprint density at radius 2 is 1.79 bits per heavy atom. The van der Waals surface area contributed by atoms with Crippen LogP contribution >= 0.6 is 0 Å². The van der Waals surface area contributed by atoms with E-state index in [4.69, 9.17) is 5.73 Å². The zero-order chi connectivity index (χ0) is 21.0. The minimum atomic E-state index is -4.75. The second-order valence-electron chi connectivity index (χ2n) is 5.91. The van der Waals surface area contributed by atoms with Gasteiger partial charge in [-0.2, -0.15) is 0 Å². The SMILES string of the molecule is CNC(=O)c1cc(N)cc(-c2cc(Nc3ccc(OC(F)(F)F)cc3)ncn2)c1. The molecule has 0 unspecified atom stereocenters. The molecule has 0 aliphatic heterocycles. The lowest BCUT2D eigenvalue weighted by atomic mass is 10.1. The predicted octanol–water partition coefficient (Wildman–Crippen LogP) is 3.73. The number of anilines is 3. The Morgan fingerprint density at radius 1 is 1.07 bits per heavy atom. The lowest BCUT2D eigenvalue weighted by Gasteiger charge is -2.11. The average molecular weight is 403 g/mol. The number of aromatic nitrogens is 2. The molecular weight excluding hydrogens is 387 g/mol. The lowest BCUT2D eigenvalue weighted by molar-refractivity contribution is -0.274. The van der Waals surface area contributed by atoms with Crippen molar-refractivity contribution in [2.45, 2.75) is 6.36 Å². The van der Waals surface area contributed by atoms with Crippen molar-refractivity contribution < 1.29 is 22.7 Å². The molecule has 0 aliphatic rings. The van der Waals surface area contributed by atoms with Gasteiger partial charge < -0.3 is 21.1 Å². The van der Waals surface area contributed by atoms with Gasteiger partial charge in [-0.25, -0.2) is 9.97 Å². The first-order valence-corrected chi connectivity index (χ1v) is 8.31. The third kappa shape index (κ3) is 5.34. The highest BCUT2D eigenvalue weighted by Gasteiger charge is 2.30. The molecule has 0 radical (unpaired) electrons. The molecule has 0 fully saturated rings. The fraction of sp³-hybridized carbons (Fsp3) is 0.105. The minimum Gasteiger partial charge on any atom is -0.406 e. The molecule has 3 aromatic rings. The van der Waals surface area contributed by atoms with Gasteiger partial charge in [0.05, 0.1) is 5.69 Å². The summed E-state index contributed by atoms with van der Waals surface area (Å²) in [4.78, 5) is 20.2. The number of nitrogens with zero attached hydrogens (tertiary/aromatic N) is 2. The zero-order valence-electron chi connectivity index (χ0n) is 15.1. The molecule has 10 heteroatoms. The van der Waals surface area contributed by atoms with Crippen molar-refractivity contribution in [3.05, 3.63) is 60.4 Å². The Morgan fingerprint density at radius 3 is 2.45 bits per heavy atom. The van der Waals surface area contributed by atoms with Crippen LogP contribution in [0.5, 0.6) is 5.75 Å². The molecule has 0 saturated heterocycles. The number of halogens is 3. The summed E-state index contributed by atoms with van der Waals surface area (Å²) in [7, 11) is 1.52. The highest BCUT2D eigenvalue weighted by Crippen LogP contribution is 2.27. The van der Waals surface area contributed by atoms with E-state index in [0.29, 0.717) is 34.0 Å². The molecule has 0 bridgehead atoms. The normalized spacial score (nSPS) is 11.0. The number of carbonyl (C=O) groups is 1. The van der Waals surface area contributed by atoms with Crippen LogP contribution in [0.3, 0.4) is 0 Å². The zero-order valence-corrected chi connectivity index (χ0v) is 15.1. The van der Waals surface area contributed by atoms with E-state index in [1.165, 1.54) is 37.6 Å². The molecule has 1 heterocycles. The Hall–Kier alpha value is -3.82. The predicted molar refractivity (Wildman–Crippen MR) is 102 cm³/mol. The van der Waals surface area contributed by atoms with Gasteiger partial charge in [0.1, 0.15) is 17.9 Å². The molecule has 0 aliphatic carbocycles. The van der Waals surface area contributed by atoms with Gasteiger partial charge in [0.15, 0.2) is 0 Å². The van der Waals surface area contributed by atoms with Gasteiger partial charge in [-0.3, -0.25) is 4.79 Å². The Labute approximate surface area is 163 Å². The Balaban J connectivity index is 1.82. The standard InChI is InChI=1S/C19H16F3N5O2/c1-24-18(28)12-6-11(7-13(23)8-12)16-9-17(26-10-25-16)27-14-2-4-15(5-3-14)29-19(20,21)22/h2-10H,23H2,1H3,(H,24,28)(H,25,26,27). The van der Waals surface area contributed by atoms with Gasteiger partial charge >= 0.3 is 6.36 Å². The van der Waals surface area contributed by atoms with Gasteiger partial charge in [-0.1, -0.05) is 0 Å². The summed E-state index contributed by atoms with van der Waals surface area (Å²) in [5.41, 5.74) is 8.29. The molecule has 150 valence electrons. The smallest absolute Gasteiger partial charge is 0.406 e. The highest BCUT2D eigenvalue weighted by molar-refractivity contribution is 5.96. The molecule has 0 saturated carbocycles. The van der Waals surface area contributed by atoms with Crippen LogP contribution in [0.2, 0.25) is 0 Å². The minimum absolute atomic E-state index is 0.285. The van der Waals surface area contributed by atoms with Crippen LogP contribution in [0.15, 0.2) is 54.9 Å². The maximum absolute atomic E-state index is 12.2. The molecule has 1 amide bonds. The largest absolute Gasteiger partial charge is 0.573 e. The summed E-state index contributed by atoms with van der Waals surface area (Å²) in [6.45, 7) is 0. The number of hydrogen-bond donors (Lipinski definition) is 3. The fourth-order valence-electron chi connectivity index (χ4n) is 2.55. The van der Waals surface area contributed by atoms with Crippen LogP contribution in [0.1, 0.15) is 10.4 Å². The van der Waals surface area contributed by atoms with E-state index < -0.39 is 6.36 Å². The van der Waals surface area contributed by atoms with Gasteiger partial charge in [0.2, 0.25) is 0 Å². The third-order valence-electron chi connectivity index (χ3n) is 3.77. The molecule has 0 spiro atoms. The molecule has 29 heavy (non-hydrogen) atoms. The van der Waals surface area contributed by atoms with E-state index in [0.717, 1.165) is 0 Å². The lowest BCUT2D eigenvalue weighted by Crippen LogP contribution is -2.18. The molecule has 7 nitrogen and oxygen atoms in total. The summed E-state index contributed by atoms with van der Waals surface area (Å²) in [6.07, 6.45) is -3.43. The first kappa shape index (κ1) is 19.9. The number of nitrogen functional groups attached to an aromatic ring is 1. The van der Waals surface area contributed by atoms with E-state index >= 15 is 0 Å². The van der Waals surface area contributed by atoms with Crippen LogP contribution in [-0.2, 0) is 0 Å². The molecule has 3 rings (SSSR count). The molecular formula is C19H16F3N5O2. The van der Waals surface area contributed by atoms with E-state index in [1.54, 1.807) is 24.3 Å². The van der Waals surface area contributed by atoms with Gasteiger partial charge in [0, 0.05) is 35.6 Å². The monoisotopic (exact) mass is 403 g/mol. The summed E-state index contributed by atoms with van der Waals surface area (Å²) in [6, 6.07) is 11.7. The Kier molecular flexibility index (Phi) is 5.53. The Bertz CT molecular complexity index is 1020. The summed E-state index contributed by atoms with van der Waals surface area (Å²) < 4.78 is 40.5. The first-order chi connectivity index (χ1) is 13.7. The number of nitrogens with one attached hydrogen (secondary N) is 2. The average Bonchev–Trinajstić information content (AvgIpc) is 2.67. The number of carbonyl (C=O) groups excluding carboxylic acids is 1. The highest BCUT2D eigenvalue weighted by atomic mass is 19.4. The van der Waals surface area contributed by atoms with Crippen LogP contribution in [0.4, 0.5) is 30.4 Å². The van der Waals surface area contributed by atoms with Gasteiger partial charge in [-0.05, 0) is 42.5 Å². The number of amides is 1. The molecule has 2 aromatic carbocycles. The van der Waals surface area contributed by atoms with Crippen molar-refractivity contribution >= 4 is 23.1 Å². The fourth-order valence-corrected chi connectivity index (χ4v) is 2.55. The number of hydrogen-bond acceptors (Lipinski definition) is 6. The molecule has 4 N–H and O–H groups in total. The van der Waals surface area contributed by atoms with Crippen LogP contribution in [-0.4, -0.2) is 29.3 Å². The quantitative estimate of drug-likeness (QED) is 0.561. The van der Waals surface area contributed by atoms with E-state index in [-0.39, 0.29) is 11.7 Å². The van der Waals surface area contributed by atoms with Crippen molar-refractivity contribution in [1.29, 1.82) is 0 Å².